The highest BCUT2D eigenvalue weighted by molar-refractivity contribution is 6.30. The molecule has 6 heteroatoms. The Balaban J connectivity index is 2.10. The quantitative estimate of drug-likeness (QED) is 0.741. The van der Waals surface area contributed by atoms with E-state index in [-0.39, 0.29) is 5.90 Å². The van der Waals surface area contributed by atoms with Crippen molar-refractivity contribution >= 4 is 29.3 Å². The lowest BCUT2D eigenvalue weighted by Crippen LogP contribution is -2.70. The van der Waals surface area contributed by atoms with Crippen LogP contribution in [0.4, 0.5) is 10.5 Å². The smallest absolute Gasteiger partial charge is 0.408 e. The molecule has 1 atom stereocenters. The van der Waals surface area contributed by atoms with Crippen LogP contribution in [0.2, 0.25) is 5.02 Å². The number of benzene rings is 1. The molecule has 3 N–H and O–H groups in total. The van der Waals surface area contributed by atoms with Crippen molar-refractivity contribution in [1.82, 2.24) is 5.32 Å². The molecular formula is C15H20ClN2O3+. The van der Waals surface area contributed by atoms with Crippen molar-refractivity contribution in [2.45, 2.75) is 45.3 Å². The number of aliphatic hydroxyl groups excluding tert-OH is 1. The van der Waals surface area contributed by atoms with Gasteiger partial charge in [0.25, 0.3) is 0 Å². The molecule has 0 fully saturated rings. The molecule has 21 heavy (non-hydrogen) atoms. The van der Waals surface area contributed by atoms with Gasteiger partial charge < -0.3 is 15.2 Å². The van der Waals surface area contributed by atoms with Crippen LogP contribution in [-0.4, -0.2) is 28.7 Å². The van der Waals surface area contributed by atoms with E-state index < -0.39 is 17.7 Å². The van der Waals surface area contributed by atoms with E-state index in [1.807, 2.05) is 12.1 Å². The maximum Gasteiger partial charge on any atom is 0.408 e. The summed E-state index contributed by atoms with van der Waals surface area (Å²) in [5.41, 5.74) is 1.22. The molecule has 5 nitrogen and oxygen atoms in total. The van der Waals surface area contributed by atoms with Crippen molar-refractivity contribution in [3.63, 3.8) is 0 Å². The van der Waals surface area contributed by atoms with Crippen molar-refractivity contribution in [2.24, 2.45) is 0 Å². The lowest BCUT2D eigenvalue weighted by atomic mass is 10.1. The molecule has 1 heterocycles. The minimum Gasteiger partial charge on any atom is -0.462 e. The third kappa shape index (κ3) is 4.36. The van der Waals surface area contributed by atoms with E-state index in [2.05, 4.69) is 10.3 Å². The number of aryl methyl sites for hydroxylation is 1. The van der Waals surface area contributed by atoms with Crippen LogP contribution in [0, 0.1) is 0 Å². The van der Waals surface area contributed by atoms with Gasteiger partial charge in [0.05, 0.1) is 0 Å². The van der Waals surface area contributed by atoms with Gasteiger partial charge in [0.2, 0.25) is 5.69 Å². The van der Waals surface area contributed by atoms with Crippen LogP contribution in [0.3, 0.4) is 0 Å². The van der Waals surface area contributed by atoms with Gasteiger partial charge in [0, 0.05) is 16.7 Å². The highest BCUT2D eigenvalue weighted by atomic mass is 35.5. The highest BCUT2D eigenvalue weighted by Gasteiger charge is 2.29. The molecule has 1 aromatic carbocycles. The maximum absolute atomic E-state index is 11.8. The summed E-state index contributed by atoms with van der Waals surface area (Å²) in [6.07, 6.45) is 0.698. The first kappa shape index (κ1) is 15.6. The maximum atomic E-state index is 11.8. The number of rotatable bonds is 1. The number of aliphatic hydroxyl groups is 1. The van der Waals surface area contributed by atoms with Gasteiger partial charge in [0.15, 0.2) is 6.04 Å². The molecule has 0 unspecified atom stereocenters. The molecule has 0 aromatic heterocycles. The minimum atomic E-state index is -0.575. The van der Waals surface area contributed by atoms with E-state index in [9.17, 15) is 9.90 Å². The van der Waals surface area contributed by atoms with E-state index in [0.29, 0.717) is 17.9 Å². The fourth-order valence-electron chi connectivity index (χ4n) is 2.14. The van der Waals surface area contributed by atoms with Crippen LogP contribution < -0.4 is 10.3 Å². The summed E-state index contributed by atoms with van der Waals surface area (Å²) >= 11 is 5.97. The van der Waals surface area contributed by atoms with E-state index in [1.54, 1.807) is 26.8 Å². The fraction of sp³-hybridized carbons (Fsp3) is 0.467. The summed E-state index contributed by atoms with van der Waals surface area (Å²) < 4.78 is 5.20. The summed E-state index contributed by atoms with van der Waals surface area (Å²) in [4.78, 5) is 14.7. The number of hydrogen-bond acceptors (Lipinski definition) is 2. The second kappa shape index (κ2) is 5.93. The zero-order valence-corrected chi connectivity index (χ0v) is 13.1. The van der Waals surface area contributed by atoms with Gasteiger partial charge in [-0.25, -0.2) is 4.79 Å². The second-order valence-corrected chi connectivity index (χ2v) is 6.49. The van der Waals surface area contributed by atoms with Gasteiger partial charge in [-0.05, 0) is 45.7 Å². The number of ether oxygens (including phenoxy) is 1. The summed E-state index contributed by atoms with van der Waals surface area (Å²) in [7, 11) is 0. The molecule has 0 aliphatic carbocycles. The van der Waals surface area contributed by atoms with Gasteiger partial charge in [-0.3, -0.25) is 0 Å². The Morgan fingerprint density at radius 3 is 2.86 bits per heavy atom. The van der Waals surface area contributed by atoms with Crippen molar-refractivity contribution in [2.75, 3.05) is 0 Å². The summed E-state index contributed by atoms with van der Waals surface area (Å²) in [6, 6.07) is 4.91. The molecule has 0 saturated heterocycles. The molecule has 2 rings (SSSR count). The first-order valence-electron chi connectivity index (χ1n) is 6.85. The number of nitrogens with one attached hydrogen (secondary N) is 2. The van der Waals surface area contributed by atoms with Crippen LogP contribution in [0.1, 0.15) is 32.8 Å². The molecule has 114 valence electrons. The van der Waals surface area contributed by atoms with Gasteiger partial charge in [-0.15, -0.1) is 0 Å². The molecule has 0 bridgehead atoms. The Kier molecular flexibility index (Phi) is 4.42. The SMILES string of the molecule is CC(C)(C)OC(=O)N[C@@H]1CCc2cc(Cl)ccc2[NH+]=C1O. The predicted octanol–water partition coefficient (Wildman–Crippen LogP) is 1.85. The Bertz CT molecular complexity index is 579. The highest BCUT2D eigenvalue weighted by Crippen LogP contribution is 2.20. The van der Waals surface area contributed by atoms with Gasteiger partial charge >= 0.3 is 12.0 Å². The molecular weight excluding hydrogens is 292 g/mol. The lowest BCUT2D eigenvalue weighted by Gasteiger charge is -2.21. The van der Waals surface area contributed by atoms with E-state index in [1.165, 1.54) is 0 Å². The molecule has 1 amide bonds. The number of carbonyl (C=O) groups excluding carboxylic acids is 1. The first-order chi connectivity index (χ1) is 9.74. The normalized spacial score (nSPS) is 18.3. The lowest BCUT2D eigenvalue weighted by molar-refractivity contribution is -0.368. The first-order valence-corrected chi connectivity index (χ1v) is 7.23. The van der Waals surface area contributed by atoms with Crippen LogP contribution in [0.5, 0.6) is 0 Å². The monoisotopic (exact) mass is 311 g/mol. The van der Waals surface area contributed by atoms with Crippen molar-refractivity contribution in [1.29, 1.82) is 0 Å². The number of amides is 1. The van der Waals surface area contributed by atoms with Crippen LogP contribution in [0.15, 0.2) is 18.2 Å². The summed E-state index contributed by atoms with van der Waals surface area (Å²) in [6.45, 7) is 5.37. The molecule has 1 aliphatic heterocycles. The third-order valence-corrected chi connectivity index (χ3v) is 3.29. The number of carbonyl (C=O) groups is 1. The van der Waals surface area contributed by atoms with E-state index in [0.717, 1.165) is 11.3 Å². The van der Waals surface area contributed by atoms with E-state index >= 15 is 0 Å². The van der Waals surface area contributed by atoms with Crippen LogP contribution in [0.25, 0.3) is 0 Å². The summed E-state index contributed by atoms with van der Waals surface area (Å²) in [5, 5.41) is 13.4. The molecule has 0 radical (unpaired) electrons. The number of halogens is 1. The zero-order chi connectivity index (χ0) is 15.6. The van der Waals surface area contributed by atoms with Crippen molar-refractivity contribution in [3.05, 3.63) is 28.8 Å². The van der Waals surface area contributed by atoms with Gasteiger partial charge in [-0.2, -0.15) is 4.99 Å². The molecule has 1 aliphatic rings. The predicted molar refractivity (Wildman–Crippen MR) is 81.2 cm³/mol. The number of fused-ring (bicyclic) bond motifs is 1. The van der Waals surface area contributed by atoms with Crippen molar-refractivity contribution < 1.29 is 19.6 Å². The molecule has 1 aromatic rings. The third-order valence-electron chi connectivity index (χ3n) is 3.05. The molecule has 0 saturated carbocycles. The Morgan fingerprint density at radius 1 is 1.48 bits per heavy atom. The summed E-state index contributed by atoms with van der Waals surface area (Å²) in [5.74, 6) is 0.00179. The van der Waals surface area contributed by atoms with Crippen LogP contribution in [-0.2, 0) is 11.2 Å². The standard InChI is InChI=1S/C15H19ClN2O3/c1-15(2,3)21-14(20)18-12-6-4-9-8-10(16)5-7-11(9)17-13(12)19/h5,7-8,12H,4,6H2,1-3H3,(H,17,19)(H,18,20)/p+1/t12-/m1/s1. The minimum absolute atomic E-state index is 0.00179. The number of alkyl carbamates (subject to hydrolysis) is 1. The topological polar surface area (TPSA) is 72.5 Å². The largest absolute Gasteiger partial charge is 0.462 e. The molecule has 0 spiro atoms. The fourth-order valence-corrected chi connectivity index (χ4v) is 2.34. The Labute approximate surface area is 129 Å². The second-order valence-electron chi connectivity index (χ2n) is 6.05. The van der Waals surface area contributed by atoms with Gasteiger partial charge in [0.1, 0.15) is 5.60 Å². The number of hydrogen-bond donors (Lipinski definition) is 3. The van der Waals surface area contributed by atoms with E-state index in [4.69, 9.17) is 16.3 Å². The van der Waals surface area contributed by atoms with Gasteiger partial charge in [-0.1, -0.05) is 11.6 Å². The Hall–Kier alpha value is -1.75. The van der Waals surface area contributed by atoms with Crippen molar-refractivity contribution in [3.8, 4) is 0 Å². The Morgan fingerprint density at radius 2 is 2.19 bits per heavy atom. The zero-order valence-electron chi connectivity index (χ0n) is 12.4. The average Bonchev–Trinajstić information content (AvgIpc) is 2.48. The average molecular weight is 312 g/mol. The van der Waals surface area contributed by atoms with Crippen LogP contribution >= 0.6 is 11.6 Å².